The molecule has 3 N–H and O–H groups in total. The molecule has 0 saturated carbocycles. The van der Waals surface area contributed by atoms with Crippen LogP contribution in [-0.4, -0.2) is 52.0 Å². The van der Waals surface area contributed by atoms with Crippen molar-refractivity contribution in [2.45, 2.75) is 46.1 Å². The number of carbonyl (C=O) groups excluding carboxylic acids is 3. The third-order valence-corrected chi connectivity index (χ3v) is 5.09. The van der Waals surface area contributed by atoms with Gasteiger partial charge in [-0.1, -0.05) is 20.8 Å². The van der Waals surface area contributed by atoms with Gasteiger partial charge in [0.2, 0.25) is 5.91 Å². The number of benzene rings is 1. The van der Waals surface area contributed by atoms with Gasteiger partial charge in [0, 0.05) is 31.1 Å². The molecule has 31 heavy (non-hydrogen) atoms. The lowest BCUT2D eigenvalue weighted by Gasteiger charge is -2.34. The first kappa shape index (κ1) is 22.5. The van der Waals surface area contributed by atoms with Gasteiger partial charge in [-0.3, -0.25) is 19.5 Å². The van der Waals surface area contributed by atoms with Crippen molar-refractivity contribution in [3.05, 3.63) is 47.5 Å². The van der Waals surface area contributed by atoms with E-state index in [4.69, 9.17) is 0 Å². The molecule has 3 rings (SSSR count). The van der Waals surface area contributed by atoms with Crippen LogP contribution in [0.4, 0.5) is 10.1 Å². The van der Waals surface area contributed by atoms with Crippen LogP contribution in [0.2, 0.25) is 0 Å². The van der Waals surface area contributed by atoms with E-state index in [1.54, 1.807) is 0 Å². The van der Waals surface area contributed by atoms with E-state index in [9.17, 15) is 18.8 Å². The lowest BCUT2D eigenvalue weighted by Crippen LogP contribution is -2.47. The number of halogens is 1. The Morgan fingerprint density at radius 3 is 2.39 bits per heavy atom. The molecule has 166 valence electrons. The number of amides is 3. The van der Waals surface area contributed by atoms with E-state index in [2.05, 4.69) is 20.8 Å². The largest absolute Gasteiger partial charge is 0.348 e. The molecule has 1 saturated heterocycles. The van der Waals surface area contributed by atoms with Crippen molar-refractivity contribution < 1.29 is 18.8 Å². The quantitative estimate of drug-likeness (QED) is 0.679. The first-order valence-corrected chi connectivity index (χ1v) is 10.3. The summed E-state index contributed by atoms with van der Waals surface area (Å²) < 4.78 is 13.0. The van der Waals surface area contributed by atoms with Crippen LogP contribution in [0.1, 0.15) is 60.9 Å². The zero-order chi connectivity index (χ0) is 22.6. The van der Waals surface area contributed by atoms with Gasteiger partial charge >= 0.3 is 0 Å². The average molecular weight is 429 g/mol. The molecule has 1 fully saturated rings. The third kappa shape index (κ3) is 6.13. The normalized spacial score (nSPS) is 14.9. The van der Waals surface area contributed by atoms with Gasteiger partial charge < -0.3 is 15.5 Å². The average Bonchev–Trinajstić information content (AvgIpc) is 3.16. The highest BCUT2D eigenvalue weighted by atomic mass is 19.1. The molecule has 0 unspecified atom stereocenters. The number of nitrogens with one attached hydrogen (secondary N) is 3. The lowest BCUT2D eigenvalue weighted by atomic mass is 9.91. The number of anilines is 1. The fourth-order valence-electron chi connectivity index (χ4n) is 3.45. The summed E-state index contributed by atoms with van der Waals surface area (Å²) in [4.78, 5) is 39.3. The number of rotatable bonds is 5. The Hall–Kier alpha value is -3.23. The Bertz CT molecular complexity index is 941. The molecule has 9 heteroatoms. The summed E-state index contributed by atoms with van der Waals surface area (Å²) in [6.07, 6.45) is 3.17. The van der Waals surface area contributed by atoms with Gasteiger partial charge in [-0.05, 0) is 42.5 Å². The molecule has 0 spiro atoms. The second kappa shape index (κ2) is 9.28. The van der Waals surface area contributed by atoms with E-state index >= 15 is 0 Å². The summed E-state index contributed by atoms with van der Waals surface area (Å²) in [6, 6.07) is 5.03. The van der Waals surface area contributed by atoms with E-state index in [0.29, 0.717) is 32.4 Å². The van der Waals surface area contributed by atoms with Gasteiger partial charge in [-0.2, -0.15) is 5.10 Å². The Morgan fingerprint density at radius 1 is 1.13 bits per heavy atom. The van der Waals surface area contributed by atoms with Crippen LogP contribution in [0.15, 0.2) is 30.5 Å². The highest BCUT2D eigenvalue weighted by molar-refractivity contribution is 6.08. The predicted molar refractivity (Wildman–Crippen MR) is 114 cm³/mol. The van der Waals surface area contributed by atoms with Crippen molar-refractivity contribution in [3.63, 3.8) is 0 Å². The summed E-state index contributed by atoms with van der Waals surface area (Å²) in [5.41, 5.74) is 0.588. The molecule has 0 aliphatic carbocycles. The topological polar surface area (TPSA) is 107 Å². The molecule has 8 nitrogen and oxygen atoms in total. The van der Waals surface area contributed by atoms with E-state index in [1.165, 1.54) is 30.5 Å². The number of hydrogen-bond donors (Lipinski definition) is 3. The molecule has 3 amide bonds. The van der Waals surface area contributed by atoms with Crippen molar-refractivity contribution in [1.29, 1.82) is 0 Å². The molecule has 2 heterocycles. The minimum atomic E-state index is -0.471. The monoisotopic (exact) mass is 429 g/mol. The van der Waals surface area contributed by atoms with Crippen molar-refractivity contribution in [3.8, 4) is 0 Å². The number of hydrogen-bond acceptors (Lipinski definition) is 4. The highest BCUT2D eigenvalue weighted by Gasteiger charge is 2.27. The summed E-state index contributed by atoms with van der Waals surface area (Å²) in [7, 11) is 0. The van der Waals surface area contributed by atoms with Crippen molar-refractivity contribution in [2.75, 3.05) is 18.4 Å². The van der Waals surface area contributed by atoms with Gasteiger partial charge in [0.1, 0.15) is 11.5 Å². The molecule has 1 aromatic heterocycles. The first-order valence-electron chi connectivity index (χ1n) is 10.3. The van der Waals surface area contributed by atoms with Crippen LogP contribution < -0.4 is 10.6 Å². The Balaban J connectivity index is 1.54. The lowest BCUT2D eigenvalue weighted by molar-refractivity contribution is -0.134. The standard InChI is InChI=1S/C22H28FN5O3/c1-22(2,3)12-18(29)28-10-8-16(9-11-28)25-21(31)19-17(13-24-27-19)26-20(30)14-4-6-15(23)7-5-14/h4-7,13,16H,8-12H2,1-3H3,(H,24,27)(H,25,31)(H,26,30). The van der Waals surface area contributed by atoms with Gasteiger partial charge in [-0.25, -0.2) is 4.39 Å². The van der Waals surface area contributed by atoms with Gasteiger partial charge in [0.15, 0.2) is 0 Å². The number of H-pyrrole nitrogens is 1. The zero-order valence-electron chi connectivity index (χ0n) is 18.0. The molecule has 1 aromatic carbocycles. The number of aromatic amines is 1. The summed E-state index contributed by atoms with van der Waals surface area (Å²) in [6.45, 7) is 7.30. The Labute approximate surface area is 180 Å². The maximum Gasteiger partial charge on any atom is 0.271 e. The van der Waals surface area contributed by atoms with Crippen molar-refractivity contribution in [2.24, 2.45) is 5.41 Å². The van der Waals surface area contributed by atoms with Crippen LogP contribution in [0.25, 0.3) is 0 Å². The van der Waals surface area contributed by atoms with Crippen LogP contribution in [0.3, 0.4) is 0 Å². The van der Waals surface area contributed by atoms with Gasteiger partial charge in [0.25, 0.3) is 11.8 Å². The summed E-state index contributed by atoms with van der Waals surface area (Å²) in [5, 5.41) is 12.0. The maximum atomic E-state index is 13.0. The molecular weight excluding hydrogens is 401 g/mol. The van der Waals surface area contributed by atoms with Crippen LogP contribution in [0, 0.1) is 11.2 Å². The summed E-state index contributed by atoms with van der Waals surface area (Å²) in [5.74, 6) is -1.16. The Kier molecular flexibility index (Phi) is 6.72. The van der Waals surface area contributed by atoms with Crippen molar-refractivity contribution >= 4 is 23.4 Å². The maximum absolute atomic E-state index is 13.0. The molecule has 2 aromatic rings. The molecule has 0 radical (unpaired) electrons. The number of piperidine rings is 1. The Morgan fingerprint density at radius 2 is 1.77 bits per heavy atom. The number of nitrogens with zero attached hydrogens (tertiary/aromatic N) is 2. The second-order valence-corrected chi connectivity index (χ2v) is 8.99. The fourth-order valence-corrected chi connectivity index (χ4v) is 3.45. The van der Waals surface area contributed by atoms with Crippen molar-refractivity contribution in [1.82, 2.24) is 20.4 Å². The summed E-state index contributed by atoms with van der Waals surface area (Å²) >= 11 is 0. The minimum absolute atomic E-state index is 0.0580. The second-order valence-electron chi connectivity index (χ2n) is 8.99. The van der Waals surface area contributed by atoms with E-state index in [-0.39, 0.29) is 40.2 Å². The molecule has 1 aliphatic heterocycles. The predicted octanol–water partition coefficient (Wildman–Crippen LogP) is 2.96. The van der Waals surface area contributed by atoms with Crippen LogP contribution in [-0.2, 0) is 4.79 Å². The van der Waals surface area contributed by atoms with E-state index in [0.717, 1.165) is 0 Å². The fraction of sp³-hybridized carbons (Fsp3) is 0.455. The SMILES string of the molecule is CC(C)(C)CC(=O)N1CCC(NC(=O)c2[nH]ncc2NC(=O)c2ccc(F)cc2)CC1. The van der Waals surface area contributed by atoms with Crippen LogP contribution >= 0.6 is 0 Å². The molecular formula is C22H28FN5O3. The molecule has 0 bridgehead atoms. The third-order valence-electron chi connectivity index (χ3n) is 5.09. The number of carbonyl (C=O) groups is 3. The van der Waals surface area contributed by atoms with Gasteiger partial charge in [-0.15, -0.1) is 0 Å². The van der Waals surface area contributed by atoms with Gasteiger partial charge in [0.05, 0.1) is 11.9 Å². The smallest absolute Gasteiger partial charge is 0.271 e. The van der Waals surface area contributed by atoms with E-state index < -0.39 is 11.7 Å². The zero-order valence-corrected chi connectivity index (χ0v) is 18.0. The number of aromatic nitrogens is 2. The highest BCUT2D eigenvalue weighted by Crippen LogP contribution is 2.22. The molecule has 1 aliphatic rings. The van der Waals surface area contributed by atoms with E-state index in [1.807, 2.05) is 25.7 Å². The minimum Gasteiger partial charge on any atom is -0.348 e. The molecule has 0 atom stereocenters. The van der Waals surface area contributed by atoms with Crippen LogP contribution in [0.5, 0.6) is 0 Å². The first-order chi connectivity index (χ1) is 14.6. The number of likely N-dealkylation sites (tertiary alicyclic amines) is 1.